The average molecular weight is 221 g/mol. The van der Waals surface area contributed by atoms with E-state index in [0.717, 1.165) is 0 Å². The summed E-state index contributed by atoms with van der Waals surface area (Å²) in [6, 6.07) is 5.80. The molecule has 0 bridgehead atoms. The van der Waals surface area contributed by atoms with Crippen molar-refractivity contribution in [3.05, 3.63) is 29.3 Å². The van der Waals surface area contributed by atoms with Gasteiger partial charge in [0.05, 0.1) is 4.90 Å². The van der Waals surface area contributed by atoms with Gasteiger partial charge in [0, 0.05) is 5.02 Å². The topological polar surface area (TPSA) is 54.4 Å². The van der Waals surface area contributed by atoms with Gasteiger partial charge in [0.2, 0.25) is 9.84 Å². The van der Waals surface area contributed by atoms with E-state index in [2.05, 4.69) is 0 Å². The van der Waals surface area contributed by atoms with Gasteiger partial charge in [0.15, 0.2) is 5.44 Å². The van der Waals surface area contributed by atoms with Gasteiger partial charge in [0.1, 0.15) is 0 Å². The van der Waals surface area contributed by atoms with Gasteiger partial charge in [-0.2, -0.15) is 0 Å². The number of hydrogen-bond donors (Lipinski definition) is 1. The van der Waals surface area contributed by atoms with E-state index in [4.69, 9.17) is 16.7 Å². The average Bonchev–Trinajstić information content (AvgIpc) is 2.04. The lowest BCUT2D eigenvalue weighted by Crippen LogP contribution is -2.16. The molecular formula is C8H9ClO3S. The van der Waals surface area contributed by atoms with Gasteiger partial charge in [0.25, 0.3) is 0 Å². The van der Waals surface area contributed by atoms with Crippen molar-refractivity contribution in [3.63, 3.8) is 0 Å². The first-order valence-corrected chi connectivity index (χ1v) is 5.54. The van der Waals surface area contributed by atoms with Gasteiger partial charge in [-0.25, -0.2) is 8.42 Å². The summed E-state index contributed by atoms with van der Waals surface area (Å²) in [5.74, 6) is 0. The minimum absolute atomic E-state index is 0.0370. The Morgan fingerprint density at radius 3 is 2.54 bits per heavy atom. The fourth-order valence-electron chi connectivity index (χ4n) is 0.841. The van der Waals surface area contributed by atoms with E-state index in [1.165, 1.54) is 25.1 Å². The highest BCUT2D eigenvalue weighted by molar-refractivity contribution is 7.91. The maximum absolute atomic E-state index is 11.4. The Bertz CT molecular complexity index is 398. The van der Waals surface area contributed by atoms with E-state index in [9.17, 15) is 8.42 Å². The van der Waals surface area contributed by atoms with Crippen molar-refractivity contribution < 1.29 is 13.5 Å². The van der Waals surface area contributed by atoms with Crippen LogP contribution in [0.1, 0.15) is 6.92 Å². The summed E-state index contributed by atoms with van der Waals surface area (Å²) in [6.45, 7) is 1.20. The Hall–Kier alpha value is -0.580. The van der Waals surface area contributed by atoms with Crippen molar-refractivity contribution in [2.75, 3.05) is 0 Å². The third kappa shape index (κ3) is 2.21. The standard InChI is InChI=1S/C8H9ClO3S/c1-6(10)13(11,12)8-4-2-3-7(9)5-8/h2-6,10H,1H3/t6-/m1/s1. The number of benzene rings is 1. The molecule has 0 heterocycles. The van der Waals surface area contributed by atoms with Crippen LogP contribution in [0, 0.1) is 0 Å². The lowest BCUT2D eigenvalue weighted by molar-refractivity contribution is 0.268. The van der Waals surface area contributed by atoms with E-state index >= 15 is 0 Å². The summed E-state index contributed by atoms with van der Waals surface area (Å²) in [7, 11) is -3.63. The van der Waals surface area contributed by atoms with Crippen LogP contribution in [0.15, 0.2) is 29.2 Å². The van der Waals surface area contributed by atoms with Crippen LogP contribution in [0.4, 0.5) is 0 Å². The maximum atomic E-state index is 11.4. The highest BCUT2D eigenvalue weighted by Crippen LogP contribution is 2.18. The number of sulfone groups is 1. The second kappa shape index (κ2) is 3.65. The smallest absolute Gasteiger partial charge is 0.204 e. The molecule has 3 nitrogen and oxygen atoms in total. The lowest BCUT2D eigenvalue weighted by Gasteiger charge is -2.06. The zero-order valence-corrected chi connectivity index (χ0v) is 8.51. The molecule has 0 radical (unpaired) electrons. The number of aliphatic hydroxyl groups excluding tert-OH is 1. The zero-order valence-electron chi connectivity index (χ0n) is 6.94. The summed E-state index contributed by atoms with van der Waals surface area (Å²) in [6.07, 6.45) is 0. The Balaban J connectivity index is 3.24. The van der Waals surface area contributed by atoms with E-state index in [1.54, 1.807) is 6.07 Å². The first-order chi connectivity index (χ1) is 5.94. The van der Waals surface area contributed by atoms with Gasteiger partial charge in [-0.05, 0) is 25.1 Å². The molecule has 13 heavy (non-hydrogen) atoms. The van der Waals surface area contributed by atoms with Gasteiger partial charge in [-0.15, -0.1) is 0 Å². The Morgan fingerprint density at radius 2 is 2.08 bits per heavy atom. The lowest BCUT2D eigenvalue weighted by atomic mass is 10.4. The molecule has 0 aromatic heterocycles. The molecule has 0 aliphatic heterocycles. The molecule has 1 rings (SSSR count). The van der Waals surface area contributed by atoms with Crippen LogP contribution >= 0.6 is 11.6 Å². The number of hydrogen-bond acceptors (Lipinski definition) is 3. The Kier molecular flexibility index (Phi) is 2.95. The highest BCUT2D eigenvalue weighted by Gasteiger charge is 2.20. The molecule has 1 aromatic rings. The highest BCUT2D eigenvalue weighted by atomic mass is 35.5. The molecule has 5 heteroatoms. The van der Waals surface area contributed by atoms with Crippen LogP contribution in [0.2, 0.25) is 5.02 Å². The monoisotopic (exact) mass is 220 g/mol. The predicted molar refractivity (Wildman–Crippen MR) is 50.3 cm³/mol. The van der Waals surface area contributed by atoms with Crippen molar-refractivity contribution in [2.24, 2.45) is 0 Å². The van der Waals surface area contributed by atoms with Gasteiger partial charge >= 0.3 is 0 Å². The van der Waals surface area contributed by atoms with Gasteiger partial charge < -0.3 is 5.11 Å². The minimum atomic E-state index is -3.63. The van der Waals surface area contributed by atoms with Crippen LogP contribution in [0.25, 0.3) is 0 Å². The largest absolute Gasteiger partial charge is 0.377 e. The van der Waals surface area contributed by atoms with Crippen LogP contribution in [-0.2, 0) is 9.84 Å². The SMILES string of the molecule is C[C@H](O)S(=O)(=O)c1cccc(Cl)c1. The van der Waals surface area contributed by atoms with Crippen molar-refractivity contribution in [1.82, 2.24) is 0 Å². The molecule has 0 unspecified atom stereocenters. The predicted octanol–water partition coefficient (Wildman–Crippen LogP) is 1.45. The van der Waals surface area contributed by atoms with Crippen LogP contribution in [0.3, 0.4) is 0 Å². The van der Waals surface area contributed by atoms with Crippen molar-refractivity contribution in [1.29, 1.82) is 0 Å². The van der Waals surface area contributed by atoms with E-state index < -0.39 is 15.3 Å². The molecule has 0 spiro atoms. The molecule has 0 aliphatic carbocycles. The number of aliphatic hydroxyl groups is 1. The molecule has 0 saturated heterocycles. The Morgan fingerprint density at radius 1 is 1.46 bits per heavy atom. The molecule has 0 saturated carbocycles. The van der Waals surface area contributed by atoms with E-state index in [0.29, 0.717) is 5.02 Å². The molecular weight excluding hydrogens is 212 g/mol. The quantitative estimate of drug-likeness (QED) is 0.821. The van der Waals surface area contributed by atoms with Crippen molar-refractivity contribution in [2.45, 2.75) is 17.3 Å². The van der Waals surface area contributed by atoms with E-state index in [1.807, 2.05) is 0 Å². The fourth-order valence-corrected chi connectivity index (χ4v) is 2.05. The van der Waals surface area contributed by atoms with Gasteiger partial charge in [-0.1, -0.05) is 17.7 Å². The molecule has 0 amide bonds. The number of rotatable bonds is 2. The first-order valence-electron chi connectivity index (χ1n) is 3.62. The van der Waals surface area contributed by atoms with Crippen molar-refractivity contribution >= 4 is 21.4 Å². The number of halogens is 1. The summed E-state index contributed by atoms with van der Waals surface area (Å²) >= 11 is 5.61. The fraction of sp³-hybridized carbons (Fsp3) is 0.250. The zero-order chi connectivity index (χ0) is 10.1. The molecule has 72 valence electrons. The minimum Gasteiger partial charge on any atom is -0.377 e. The maximum Gasteiger partial charge on any atom is 0.204 e. The molecule has 0 aliphatic rings. The second-order valence-corrected chi connectivity index (χ2v) is 5.28. The second-order valence-electron chi connectivity index (χ2n) is 2.60. The summed E-state index contributed by atoms with van der Waals surface area (Å²) in [5.41, 5.74) is -1.41. The third-order valence-corrected chi connectivity index (χ3v) is 3.62. The van der Waals surface area contributed by atoms with Crippen LogP contribution < -0.4 is 0 Å². The Labute approximate surface area is 81.9 Å². The molecule has 0 fully saturated rings. The summed E-state index contributed by atoms with van der Waals surface area (Å²) in [5, 5.41) is 9.33. The molecule has 1 N–H and O–H groups in total. The molecule has 1 atom stereocenters. The van der Waals surface area contributed by atoms with Gasteiger partial charge in [-0.3, -0.25) is 0 Å². The van der Waals surface area contributed by atoms with Crippen LogP contribution in [-0.4, -0.2) is 19.0 Å². The summed E-state index contributed by atoms with van der Waals surface area (Å²) < 4.78 is 22.8. The normalized spacial score (nSPS) is 14.1. The third-order valence-electron chi connectivity index (χ3n) is 1.57. The first kappa shape index (κ1) is 10.5. The van der Waals surface area contributed by atoms with Crippen molar-refractivity contribution in [3.8, 4) is 0 Å². The summed E-state index contributed by atoms with van der Waals surface area (Å²) in [4.78, 5) is 0.0370. The van der Waals surface area contributed by atoms with Crippen LogP contribution in [0.5, 0.6) is 0 Å². The van der Waals surface area contributed by atoms with E-state index in [-0.39, 0.29) is 4.90 Å². The molecule has 1 aromatic carbocycles.